The number of likely N-dealkylation sites (N-methyl/N-ethyl adjacent to an activating group) is 1. The Bertz CT molecular complexity index is 552. The average Bonchev–Trinajstić information content (AvgIpc) is 2.67. The first kappa shape index (κ1) is 17.2. The molecule has 1 heterocycles. The highest BCUT2D eigenvalue weighted by Gasteiger charge is 2.26. The van der Waals surface area contributed by atoms with Gasteiger partial charge in [0.2, 0.25) is 0 Å². The molecule has 1 atom stereocenters. The summed E-state index contributed by atoms with van der Waals surface area (Å²) in [6, 6.07) is 0. The van der Waals surface area contributed by atoms with Crippen molar-refractivity contribution >= 4 is 32.2 Å². The maximum absolute atomic E-state index is 12.0. The van der Waals surface area contributed by atoms with E-state index in [2.05, 4.69) is 9.69 Å². The lowest BCUT2D eigenvalue weighted by atomic mass is 10.1. The van der Waals surface area contributed by atoms with E-state index in [-0.39, 0.29) is 23.0 Å². The van der Waals surface area contributed by atoms with Crippen LogP contribution in [-0.4, -0.2) is 61.3 Å². The Balaban J connectivity index is 2.91. The molecule has 9 heteroatoms. The zero-order chi connectivity index (χ0) is 15.6. The molecule has 0 amide bonds. The Hall–Kier alpha value is -0.900. The number of sulfone groups is 1. The molecule has 0 saturated heterocycles. The van der Waals surface area contributed by atoms with Crippen molar-refractivity contribution in [2.24, 2.45) is 0 Å². The van der Waals surface area contributed by atoms with Crippen molar-refractivity contribution in [2.45, 2.75) is 24.3 Å². The second kappa shape index (κ2) is 6.25. The van der Waals surface area contributed by atoms with Gasteiger partial charge >= 0.3 is 0 Å². The minimum atomic E-state index is -3.44. The Kier molecular flexibility index (Phi) is 5.36. The molecule has 0 bridgehead atoms. The fourth-order valence-corrected chi connectivity index (χ4v) is 4.02. The number of anilines is 2. The number of aromatic nitrogens is 1. The molecule has 0 fully saturated rings. The molecule has 0 spiro atoms. The summed E-state index contributed by atoms with van der Waals surface area (Å²) in [5.74, 6) is -0.0372. The van der Waals surface area contributed by atoms with Crippen molar-refractivity contribution < 1.29 is 13.5 Å². The third-order valence-corrected chi connectivity index (χ3v) is 5.40. The molecular weight excluding hydrogens is 300 g/mol. The highest BCUT2D eigenvalue weighted by atomic mass is 32.2. The average molecular weight is 322 g/mol. The number of rotatable bonds is 7. The van der Waals surface area contributed by atoms with E-state index in [9.17, 15) is 13.5 Å². The summed E-state index contributed by atoms with van der Waals surface area (Å²) in [5, 5.41) is 13.5. The summed E-state index contributed by atoms with van der Waals surface area (Å²) in [6.45, 7) is 3.89. The summed E-state index contributed by atoms with van der Waals surface area (Å²) in [4.78, 5) is 1.89. The third-order valence-electron chi connectivity index (χ3n) is 2.65. The Morgan fingerprint density at radius 3 is 2.60 bits per heavy atom. The Morgan fingerprint density at radius 1 is 1.50 bits per heavy atom. The normalized spacial score (nSPS) is 15.3. The van der Waals surface area contributed by atoms with Crippen molar-refractivity contribution in [2.75, 3.05) is 44.0 Å². The lowest BCUT2D eigenvalue weighted by Crippen LogP contribution is -2.43. The van der Waals surface area contributed by atoms with Crippen molar-refractivity contribution in [3.8, 4) is 0 Å². The summed E-state index contributed by atoms with van der Waals surface area (Å²) >= 11 is 0.988. The molecule has 7 nitrogen and oxygen atoms in total. The molecule has 0 aliphatic rings. The predicted octanol–water partition coefficient (Wildman–Crippen LogP) is 0.243. The van der Waals surface area contributed by atoms with Crippen LogP contribution < -0.4 is 11.1 Å². The Labute approximate surface area is 123 Å². The number of nitrogens with one attached hydrogen (secondary N) is 1. The number of hydrogen-bond donors (Lipinski definition) is 3. The molecule has 0 aromatic carbocycles. The monoisotopic (exact) mass is 322 g/mol. The van der Waals surface area contributed by atoms with Crippen molar-refractivity contribution in [1.82, 2.24) is 9.27 Å². The summed E-state index contributed by atoms with van der Waals surface area (Å²) < 4.78 is 27.8. The van der Waals surface area contributed by atoms with Gasteiger partial charge in [-0.1, -0.05) is 6.92 Å². The van der Waals surface area contributed by atoms with Crippen molar-refractivity contribution in [3.05, 3.63) is 0 Å². The zero-order valence-corrected chi connectivity index (χ0v) is 13.8. The van der Waals surface area contributed by atoms with Crippen molar-refractivity contribution in [3.63, 3.8) is 0 Å². The smallest absolute Gasteiger partial charge is 0.184 e. The van der Waals surface area contributed by atoms with Crippen LogP contribution in [0.5, 0.6) is 0 Å². The van der Waals surface area contributed by atoms with Gasteiger partial charge in [-0.15, -0.1) is 0 Å². The van der Waals surface area contributed by atoms with Gasteiger partial charge in [0.25, 0.3) is 0 Å². The molecule has 1 rings (SSSR count). The maximum atomic E-state index is 12.0. The van der Waals surface area contributed by atoms with Gasteiger partial charge in [-0.25, -0.2) is 8.42 Å². The molecule has 0 aliphatic carbocycles. The van der Waals surface area contributed by atoms with Gasteiger partial charge < -0.3 is 21.1 Å². The van der Waals surface area contributed by atoms with Crippen LogP contribution in [0, 0.1) is 0 Å². The maximum Gasteiger partial charge on any atom is 0.184 e. The molecular formula is C11H22N4O3S2. The SMILES string of the molecule is CCS(=O)(=O)c1c(N)nsc1NCC(C)(O)CN(C)C. The van der Waals surface area contributed by atoms with E-state index in [1.807, 2.05) is 19.0 Å². The van der Waals surface area contributed by atoms with Gasteiger partial charge in [0.1, 0.15) is 9.90 Å². The van der Waals surface area contributed by atoms with E-state index in [1.54, 1.807) is 13.8 Å². The molecule has 0 radical (unpaired) electrons. The number of aliphatic hydroxyl groups is 1. The van der Waals surface area contributed by atoms with Gasteiger partial charge in [0.15, 0.2) is 15.7 Å². The van der Waals surface area contributed by atoms with Crippen LogP contribution in [0.15, 0.2) is 4.90 Å². The van der Waals surface area contributed by atoms with Gasteiger partial charge in [0, 0.05) is 13.1 Å². The van der Waals surface area contributed by atoms with E-state index >= 15 is 0 Å². The first-order valence-electron chi connectivity index (χ1n) is 6.18. The lowest BCUT2D eigenvalue weighted by Gasteiger charge is -2.27. The predicted molar refractivity (Wildman–Crippen MR) is 81.9 cm³/mol. The van der Waals surface area contributed by atoms with Crippen LogP contribution >= 0.6 is 11.5 Å². The van der Waals surface area contributed by atoms with Crippen LogP contribution in [0.4, 0.5) is 10.8 Å². The molecule has 0 aliphatic heterocycles. The van der Waals surface area contributed by atoms with Gasteiger partial charge in [-0.3, -0.25) is 0 Å². The largest absolute Gasteiger partial charge is 0.387 e. The van der Waals surface area contributed by atoms with E-state index in [4.69, 9.17) is 5.73 Å². The second-order valence-electron chi connectivity index (χ2n) is 5.22. The van der Waals surface area contributed by atoms with Gasteiger partial charge in [-0.05, 0) is 32.6 Å². The minimum Gasteiger partial charge on any atom is -0.387 e. The van der Waals surface area contributed by atoms with E-state index in [0.717, 1.165) is 11.5 Å². The molecule has 1 aromatic heterocycles. The molecule has 1 unspecified atom stereocenters. The summed E-state index contributed by atoms with van der Waals surface area (Å²) in [6.07, 6.45) is 0. The molecule has 116 valence electrons. The van der Waals surface area contributed by atoms with Gasteiger partial charge in [-0.2, -0.15) is 4.37 Å². The topological polar surface area (TPSA) is 109 Å². The standard InChI is InChI=1S/C11H22N4O3S2/c1-5-20(17,18)8-9(12)14-19-10(8)13-6-11(2,16)7-15(3)4/h13,16H,5-7H2,1-4H3,(H2,12,14). The van der Waals surface area contributed by atoms with E-state index < -0.39 is 15.4 Å². The van der Waals surface area contributed by atoms with Crippen LogP contribution in [0.25, 0.3) is 0 Å². The van der Waals surface area contributed by atoms with Gasteiger partial charge in [0.05, 0.1) is 11.4 Å². The zero-order valence-electron chi connectivity index (χ0n) is 12.2. The number of nitrogens with two attached hydrogens (primary N) is 1. The van der Waals surface area contributed by atoms with E-state index in [0.29, 0.717) is 11.5 Å². The molecule has 20 heavy (non-hydrogen) atoms. The fourth-order valence-electron chi connectivity index (χ4n) is 1.86. The second-order valence-corrected chi connectivity index (χ2v) is 8.21. The highest BCUT2D eigenvalue weighted by molar-refractivity contribution is 7.91. The number of nitrogens with zero attached hydrogens (tertiary/aromatic N) is 2. The number of hydrogen-bond acceptors (Lipinski definition) is 8. The lowest BCUT2D eigenvalue weighted by molar-refractivity contribution is 0.0460. The molecule has 4 N–H and O–H groups in total. The van der Waals surface area contributed by atoms with Crippen LogP contribution in [0.1, 0.15) is 13.8 Å². The number of nitrogen functional groups attached to an aromatic ring is 1. The first-order valence-corrected chi connectivity index (χ1v) is 8.60. The highest BCUT2D eigenvalue weighted by Crippen LogP contribution is 2.32. The van der Waals surface area contributed by atoms with Crippen LogP contribution in [0.3, 0.4) is 0 Å². The summed E-state index contributed by atoms with van der Waals surface area (Å²) in [7, 11) is 0.268. The van der Waals surface area contributed by atoms with E-state index in [1.165, 1.54) is 0 Å². The minimum absolute atomic E-state index is 0.00611. The Morgan fingerprint density at radius 2 is 2.10 bits per heavy atom. The fraction of sp³-hybridized carbons (Fsp3) is 0.727. The van der Waals surface area contributed by atoms with Crippen molar-refractivity contribution in [1.29, 1.82) is 0 Å². The third kappa shape index (κ3) is 4.30. The quantitative estimate of drug-likeness (QED) is 0.660. The molecule has 0 saturated carbocycles. The van der Waals surface area contributed by atoms with Crippen LogP contribution in [0.2, 0.25) is 0 Å². The molecule has 1 aromatic rings. The first-order chi connectivity index (χ1) is 9.09. The van der Waals surface area contributed by atoms with Crippen LogP contribution in [-0.2, 0) is 9.84 Å². The summed E-state index contributed by atoms with van der Waals surface area (Å²) in [5.41, 5.74) is 4.64.